The third kappa shape index (κ3) is 28.4. The number of carboxylic acids is 2. The lowest BCUT2D eigenvalue weighted by molar-refractivity contribution is -0.388. The molecule has 4 heterocycles. The van der Waals surface area contributed by atoms with E-state index in [4.69, 9.17) is 37.9 Å². The van der Waals surface area contributed by atoms with Gasteiger partial charge in [-0.1, -0.05) is 180 Å². The summed E-state index contributed by atoms with van der Waals surface area (Å²) >= 11 is 0. The average Bonchev–Trinajstić information content (AvgIpc) is 0.761. The van der Waals surface area contributed by atoms with Crippen molar-refractivity contribution in [3.63, 3.8) is 0 Å². The molecule has 3 amide bonds. The van der Waals surface area contributed by atoms with Gasteiger partial charge < -0.3 is 136 Å². The van der Waals surface area contributed by atoms with E-state index in [9.17, 15) is 106 Å². The number of amides is 3. The van der Waals surface area contributed by atoms with E-state index in [-0.39, 0.29) is 12.3 Å². The van der Waals surface area contributed by atoms with E-state index in [1.165, 1.54) is 109 Å². The lowest BCUT2D eigenvalue weighted by atomic mass is 9.87. The lowest BCUT2D eigenvalue weighted by Crippen LogP contribution is -2.72. The zero-order valence-corrected chi connectivity index (χ0v) is 60.1. The summed E-state index contributed by atoms with van der Waals surface area (Å²) in [5.41, 5.74) is 0. The Bertz CT molecular complexity index is 2410. The molecule has 0 aromatic rings. The minimum absolute atomic E-state index is 0.155. The lowest BCUT2D eigenvalue weighted by Gasteiger charge is -2.51. The van der Waals surface area contributed by atoms with E-state index in [1.807, 2.05) is 6.08 Å². The second-order valence-corrected chi connectivity index (χ2v) is 27.9. The molecule has 24 atom stereocenters. The molecule has 32 nitrogen and oxygen atoms in total. The Morgan fingerprint density at radius 2 is 0.980 bits per heavy atom. The van der Waals surface area contributed by atoms with Crippen LogP contribution >= 0.6 is 0 Å². The first-order chi connectivity index (χ1) is 48.7. The van der Waals surface area contributed by atoms with Gasteiger partial charge >= 0.3 is 11.9 Å². The SMILES string of the molecule is CCCCCCCCCCCCC/C=C/[C@@H](O)[C@H](CO[C@@H]1O[C@H](CO)[C@@H](O[C@@H]2O[C@H](CO)[C@H](O)[C@H](O[C@]3(C(=O)O)C[C@H](O)[C@@H](NC(C)=O)[C@H]([C@H](O)[C@@H](CO)O[C@]4(C(=O)O)C[C@H](O)[C@@H](NC(C)=O)[C@H]([C@H](O)[C@H](O)CO)O4)O3)[C@H]2O)[C@H](O)[C@H]1O)NC(=O)CCCCCCCCCCCCCCCCC. The Labute approximate surface area is 598 Å². The number of hydrogen-bond acceptors (Lipinski definition) is 27. The summed E-state index contributed by atoms with van der Waals surface area (Å²) in [6.07, 6.45) is -8.38. The van der Waals surface area contributed by atoms with Crippen LogP contribution in [0.5, 0.6) is 0 Å². The molecule has 0 aliphatic carbocycles. The van der Waals surface area contributed by atoms with Crippen molar-refractivity contribution < 1.29 is 144 Å². The average molecular weight is 1470 g/mol. The predicted octanol–water partition coefficient (Wildman–Crippen LogP) is 0.339. The van der Waals surface area contributed by atoms with E-state index >= 15 is 0 Å². The number of rotatable bonds is 52. The predicted molar refractivity (Wildman–Crippen MR) is 363 cm³/mol. The summed E-state index contributed by atoms with van der Waals surface area (Å²) < 4.78 is 46.4. The molecule has 0 aromatic heterocycles. The molecule has 0 saturated carbocycles. The molecule has 4 aliphatic heterocycles. The summed E-state index contributed by atoms with van der Waals surface area (Å²) in [7, 11) is 0. The van der Waals surface area contributed by atoms with Gasteiger partial charge in [-0.2, -0.15) is 0 Å². The summed E-state index contributed by atoms with van der Waals surface area (Å²) in [5, 5.41) is 185. The van der Waals surface area contributed by atoms with Crippen LogP contribution < -0.4 is 16.0 Å². The van der Waals surface area contributed by atoms with E-state index in [0.717, 1.165) is 65.2 Å². The fourth-order valence-corrected chi connectivity index (χ4v) is 13.5. The van der Waals surface area contributed by atoms with Gasteiger partial charge in [-0.25, -0.2) is 9.59 Å². The van der Waals surface area contributed by atoms with Crippen molar-refractivity contribution in [2.45, 2.75) is 366 Å². The topological polar surface area (TPSA) is 519 Å². The first-order valence-electron chi connectivity index (χ1n) is 37.2. The number of aliphatic hydroxyl groups is 14. The van der Waals surface area contributed by atoms with Crippen molar-refractivity contribution >= 4 is 29.7 Å². The standard InChI is InChI=1S/C70H125N3O29/c1-5-7-9-11-13-15-17-19-20-22-24-26-28-30-32-34-52(84)73-44(45(80)33-31-29-27-25-23-21-18-16-14-12-10-8-6-2)41-95-65-59(89)58(88)61(51(40-77)97-65)98-66-60(90)64(56(86)49(38-75)96-66)102-70(68(93)94)36-47(82)54(72-43(4)79)63(101-70)57(87)50(39-76)99-69(67(91)92)35-46(81)53(71-42(3)78)62(100-69)55(85)48(83)37-74/h31,33,44-51,53-66,74-77,80-83,85-90H,5-30,32,34-41H2,1-4H3,(H,71,78)(H,72,79)(H,73,84)(H,91,92)(H,93,94)/b33-31+/t44-,45+,46-,47-,48+,49+,50+,51+,53+,54+,55+,56-,57+,58+,59+,60+,61+,62+,63+,64-,65+,66-,69+,70-/m0/s1. The minimum atomic E-state index is -3.39. The number of carbonyl (C=O) groups is 5. The number of ether oxygens (including phenoxy) is 8. The van der Waals surface area contributed by atoms with Gasteiger partial charge in [-0.3, -0.25) is 14.4 Å². The van der Waals surface area contributed by atoms with Crippen molar-refractivity contribution in [1.82, 2.24) is 16.0 Å². The van der Waals surface area contributed by atoms with Gasteiger partial charge in [0.25, 0.3) is 11.6 Å². The zero-order valence-electron chi connectivity index (χ0n) is 60.1. The molecular formula is C70H125N3O29. The number of unbranched alkanes of at least 4 members (excludes halogenated alkanes) is 25. The van der Waals surface area contributed by atoms with Crippen LogP contribution in [0.4, 0.5) is 0 Å². The molecule has 0 bridgehead atoms. The maximum atomic E-state index is 13.6. The number of aliphatic hydroxyl groups excluding tert-OH is 14. The number of allylic oxidation sites excluding steroid dienone is 1. The van der Waals surface area contributed by atoms with Gasteiger partial charge in [-0.15, -0.1) is 0 Å². The van der Waals surface area contributed by atoms with Crippen molar-refractivity contribution in [1.29, 1.82) is 0 Å². The van der Waals surface area contributed by atoms with E-state index in [1.54, 1.807) is 6.08 Å². The monoisotopic (exact) mass is 1470 g/mol. The number of hydrogen-bond donors (Lipinski definition) is 19. The van der Waals surface area contributed by atoms with Gasteiger partial charge in [0.1, 0.15) is 85.5 Å². The second-order valence-electron chi connectivity index (χ2n) is 27.9. The third-order valence-corrected chi connectivity index (χ3v) is 19.5. The van der Waals surface area contributed by atoms with Crippen LogP contribution in [-0.4, -0.2) is 290 Å². The van der Waals surface area contributed by atoms with Crippen molar-refractivity contribution in [3.05, 3.63) is 12.2 Å². The van der Waals surface area contributed by atoms with Gasteiger partial charge in [0.05, 0.1) is 69.5 Å². The highest BCUT2D eigenvalue weighted by Crippen LogP contribution is 2.41. The number of carbonyl (C=O) groups excluding carboxylic acids is 3. The normalized spacial score (nSPS) is 31.7. The smallest absolute Gasteiger partial charge is 0.364 e. The summed E-state index contributed by atoms with van der Waals surface area (Å²) in [5.74, 6) is -13.1. The fraction of sp³-hybridized carbons (Fsp3) is 0.900. The molecule has 4 fully saturated rings. The number of carboxylic acid groups (broad SMARTS) is 2. The molecule has 0 radical (unpaired) electrons. The maximum Gasteiger partial charge on any atom is 0.364 e. The van der Waals surface area contributed by atoms with Crippen molar-refractivity contribution in [2.24, 2.45) is 0 Å². The van der Waals surface area contributed by atoms with Gasteiger partial charge in [0, 0.05) is 33.1 Å². The molecule has 0 spiro atoms. The van der Waals surface area contributed by atoms with Crippen LogP contribution in [0.25, 0.3) is 0 Å². The zero-order chi connectivity index (χ0) is 75.5. The molecule has 0 aromatic carbocycles. The van der Waals surface area contributed by atoms with E-state index in [0.29, 0.717) is 12.8 Å². The molecule has 4 saturated heterocycles. The van der Waals surface area contributed by atoms with Crippen LogP contribution in [0.2, 0.25) is 0 Å². The quantitative estimate of drug-likeness (QED) is 0.0288. The van der Waals surface area contributed by atoms with Crippen LogP contribution in [-0.2, 0) is 61.9 Å². The van der Waals surface area contributed by atoms with Gasteiger partial charge in [0.15, 0.2) is 12.6 Å². The second kappa shape index (κ2) is 47.8. The number of aliphatic carboxylic acids is 2. The Morgan fingerprint density at radius 3 is 1.44 bits per heavy atom. The molecular weight excluding hydrogens is 1350 g/mol. The minimum Gasteiger partial charge on any atom is -0.477 e. The molecule has 32 heteroatoms. The van der Waals surface area contributed by atoms with Crippen molar-refractivity contribution in [3.8, 4) is 0 Å². The fourth-order valence-electron chi connectivity index (χ4n) is 13.5. The van der Waals surface area contributed by atoms with Crippen LogP contribution in [0, 0.1) is 0 Å². The Kier molecular flexibility index (Phi) is 42.5. The van der Waals surface area contributed by atoms with Crippen LogP contribution in [0.15, 0.2) is 12.2 Å². The third-order valence-electron chi connectivity index (χ3n) is 19.5. The van der Waals surface area contributed by atoms with Gasteiger partial charge in [0.2, 0.25) is 17.7 Å². The van der Waals surface area contributed by atoms with Crippen LogP contribution in [0.1, 0.15) is 220 Å². The molecule has 4 rings (SSSR count). The summed E-state index contributed by atoms with van der Waals surface area (Å²) in [6, 6.07) is -4.73. The Balaban J connectivity index is 1.50. The molecule has 102 heavy (non-hydrogen) atoms. The molecule has 4 aliphatic rings. The van der Waals surface area contributed by atoms with Crippen LogP contribution in [0.3, 0.4) is 0 Å². The highest BCUT2D eigenvalue weighted by Gasteiger charge is 2.62. The Morgan fingerprint density at radius 1 is 0.529 bits per heavy atom. The highest BCUT2D eigenvalue weighted by atomic mass is 16.8. The molecule has 0 unspecified atom stereocenters. The maximum absolute atomic E-state index is 13.6. The largest absolute Gasteiger partial charge is 0.477 e. The van der Waals surface area contributed by atoms with E-state index in [2.05, 4.69) is 29.8 Å². The summed E-state index contributed by atoms with van der Waals surface area (Å²) in [6.45, 7) is 1.10. The van der Waals surface area contributed by atoms with Crippen molar-refractivity contribution in [2.75, 3.05) is 33.0 Å². The number of nitrogens with one attached hydrogen (secondary N) is 3. The highest BCUT2D eigenvalue weighted by molar-refractivity contribution is 5.78. The first-order valence-corrected chi connectivity index (χ1v) is 37.2. The van der Waals surface area contributed by atoms with Gasteiger partial charge in [-0.05, 0) is 19.3 Å². The first kappa shape index (κ1) is 90.6. The molecule has 594 valence electrons. The molecule has 19 N–H and O–H groups in total. The summed E-state index contributed by atoms with van der Waals surface area (Å²) in [4.78, 5) is 64.9. The van der Waals surface area contributed by atoms with E-state index < -0.39 is 216 Å². The Hall–Kier alpha value is -3.79.